The van der Waals surface area contributed by atoms with Crippen molar-refractivity contribution in [2.45, 2.75) is 34.1 Å². The van der Waals surface area contributed by atoms with Gasteiger partial charge in [-0.1, -0.05) is 13.8 Å². The monoisotopic (exact) mass is 272 g/mol. The predicted molar refractivity (Wildman–Crippen MR) is 78.6 cm³/mol. The molecule has 5 heteroatoms. The highest BCUT2D eigenvalue weighted by Crippen LogP contribution is 1.98. The number of hydrogen-bond acceptors (Lipinski definition) is 4. The third-order valence-electron chi connectivity index (χ3n) is 2.06. The number of aliphatic hydroxyl groups excluding tert-OH is 1. The molecule has 0 rings (SSSR count). The van der Waals surface area contributed by atoms with Crippen LogP contribution < -0.4 is 10.6 Å². The molecule has 0 saturated carbocycles. The van der Waals surface area contributed by atoms with Crippen molar-refractivity contribution in [3.63, 3.8) is 0 Å². The molecular formula is C14H28N2O3. The number of ether oxygens (including phenoxy) is 1. The molecule has 0 fully saturated rings. The molecule has 0 heterocycles. The number of hydrogen-bond donors (Lipinski definition) is 3. The maximum Gasteiger partial charge on any atom is 0.223 e. The molecule has 0 aromatic heterocycles. The summed E-state index contributed by atoms with van der Waals surface area (Å²) in [6, 6.07) is 0. The Labute approximate surface area is 116 Å². The lowest BCUT2D eigenvalue weighted by Crippen LogP contribution is -2.27. The summed E-state index contributed by atoms with van der Waals surface area (Å²) in [6.07, 6.45) is 4.04. The number of carbonyl (C=O) groups excluding carboxylic acids is 1. The number of carbonyl (C=O) groups is 1. The van der Waals surface area contributed by atoms with Crippen LogP contribution >= 0.6 is 0 Å². The standard InChI is InChI=1S/C12H22N2O3.C2H6/c1-10(13-3)4-5-11(2)17-9-6-12(16)14-7-8-15;1-2/h4-5,13,15H,6-9H2,1-3H3,(H,14,16);1-2H3/b10-4+,11-5+;. The van der Waals surface area contributed by atoms with E-state index in [0.717, 1.165) is 11.5 Å². The highest BCUT2D eigenvalue weighted by atomic mass is 16.5. The largest absolute Gasteiger partial charge is 0.498 e. The van der Waals surface area contributed by atoms with Crippen LogP contribution in [0.4, 0.5) is 0 Å². The van der Waals surface area contributed by atoms with Gasteiger partial charge < -0.3 is 20.5 Å². The van der Waals surface area contributed by atoms with E-state index in [1.54, 1.807) is 0 Å². The molecule has 0 unspecified atom stereocenters. The molecule has 0 atom stereocenters. The predicted octanol–water partition coefficient (Wildman–Crippen LogP) is 1.55. The lowest BCUT2D eigenvalue weighted by Gasteiger charge is -2.06. The minimum atomic E-state index is -0.117. The van der Waals surface area contributed by atoms with Crippen LogP contribution in [0.5, 0.6) is 0 Å². The average molecular weight is 272 g/mol. The Balaban J connectivity index is 0. The maximum absolute atomic E-state index is 11.2. The first-order valence-electron chi connectivity index (χ1n) is 6.63. The third-order valence-corrected chi connectivity index (χ3v) is 2.06. The van der Waals surface area contributed by atoms with Gasteiger partial charge in [0.05, 0.1) is 25.4 Å². The topological polar surface area (TPSA) is 70.6 Å². The third kappa shape index (κ3) is 14.4. The van der Waals surface area contributed by atoms with E-state index >= 15 is 0 Å². The van der Waals surface area contributed by atoms with Crippen molar-refractivity contribution in [3.8, 4) is 0 Å². The van der Waals surface area contributed by atoms with Gasteiger partial charge in [0.15, 0.2) is 0 Å². The molecule has 0 spiro atoms. The van der Waals surface area contributed by atoms with Crippen molar-refractivity contribution in [3.05, 3.63) is 23.6 Å². The van der Waals surface area contributed by atoms with E-state index < -0.39 is 0 Å². The van der Waals surface area contributed by atoms with Crippen LogP contribution in [-0.4, -0.2) is 37.8 Å². The van der Waals surface area contributed by atoms with Gasteiger partial charge in [-0.25, -0.2) is 0 Å². The van der Waals surface area contributed by atoms with Crippen LogP contribution in [-0.2, 0) is 9.53 Å². The van der Waals surface area contributed by atoms with Gasteiger partial charge in [0.2, 0.25) is 5.91 Å². The molecule has 0 saturated heterocycles. The fourth-order valence-electron chi connectivity index (χ4n) is 0.962. The van der Waals surface area contributed by atoms with E-state index in [0.29, 0.717) is 13.0 Å². The lowest BCUT2D eigenvalue weighted by atomic mass is 10.3. The highest BCUT2D eigenvalue weighted by Gasteiger charge is 1.99. The van der Waals surface area contributed by atoms with E-state index in [-0.39, 0.29) is 19.1 Å². The molecule has 0 aromatic carbocycles. The molecule has 112 valence electrons. The molecular weight excluding hydrogens is 244 g/mol. The van der Waals surface area contributed by atoms with E-state index in [4.69, 9.17) is 9.84 Å². The second-order valence-corrected chi connectivity index (χ2v) is 3.55. The summed E-state index contributed by atoms with van der Waals surface area (Å²) >= 11 is 0. The zero-order valence-electron chi connectivity index (χ0n) is 12.7. The van der Waals surface area contributed by atoms with E-state index in [2.05, 4.69) is 10.6 Å². The van der Waals surface area contributed by atoms with Crippen molar-refractivity contribution < 1.29 is 14.6 Å². The van der Waals surface area contributed by atoms with Crippen LogP contribution in [0.25, 0.3) is 0 Å². The Bertz CT molecular complexity index is 286. The van der Waals surface area contributed by atoms with Gasteiger partial charge in [0.25, 0.3) is 0 Å². The zero-order valence-corrected chi connectivity index (χ0v) is 12.7. The molecule has 0 radical (unpaired) electrons. The summed E-state index contributed by atoms with van der Waals surface area (Å²) in [4.78, 5) is 11.2. The summed E-state index contributed by atoms with van der Waals surface area (Å²) in [5.41, 5.74) is 1.04. The molecule has 1 amide bonds. The van der Waals surface area contributed by atoms with Gasteiger partial charge in [0, 0.05) is 19.3 Å². The minimum Gasteiger partial charge on any atom is -0.498 e. The quantitative estimate of drug-likeness (QED) is 0.463. The zero-order chi connectivity index (χ0) is 15.1. The van der Waals surface area contributed by atoms with Gasteiger partial charge in [-0.2, -0.15) is 0 Å². The summed E-state index contributed by atoms with van der Waals surface area (Å²) in [7, 11) is 1.85. The fourth-order valence-corrected chi connectivity index (χ4v) is 0.962. The molecule has 0 bridgehead atoms. The summed E-state index contributed by atoms with van der Waals surface area (Å²) in [5, 5.41) is 14.1. The molecule has 5 nitrogen and oxygen atoms in total. The summed E-state index contributed by atoms with van der Waals surface area (Å²) in [6.45, 7) is 8.38. The van der Waals surface area contributed by atoms with Gasteiger partial charge in [-0.15, -0.1) is 0 Å². The van der Waals surface area contributed by atoms with Crippen molar-refractivity contribution in [2.75, 3.05) is 26.8 Å². The van der Waals surface area contributed by atoms with Crippen molar-refractivity contribution >= 4 is 5.91 Å². The van der Waals surface area contributed by atoms with Crippen LogP contribution in [0.3, 0.4) is 0 Å². The number of nitrogens with one attached hydrogen (secondary N) is 2. The molecule has 0 aliphatic rings. The van der Waals surface area contributed by atoms with Crippen molar-refractivity contribution in [1.29, 1.82) is 0 Å². The Kier molecular flexibility index (Phi) is 15.2. The van der Waals surface area contributed by atoms with Gasteiger partial charge >= 0.3 is 0 Å². The molecule has 0 aliphatic heterocycles. The first-order valence-corrected chi connectivity index (χ1v) is 6.63. The van der Waals surface area contributed by atoms with Crippen molar-refractivity contribution in [2.24, 2.45) is 0 Å². The van der Waals surface area contributed by atoms with Gasteiger partial charge in [-0.05, 0) is 26.0 Å². The first kappa shape index (κ1) is 19.8. The smallest absolute Gasteiger partial charge is 0.223 e. The van der Waals surface area contributed by atoms with Gasteiger partial charge in [0.1, 0.15) is 0 Å². The number of aliphatic hydroxyl groups is 1. The average Bonchev–Trinajstić information content (AvgIpc) is 2.44. The Morgan fingerprint density at radius 1 is 1.26 bits per heavy atom. The Hall–Kier alpha value is -1.49. The second-order valence-electron chi connectivity index (χ2n) is 3.55. The SMILES string of the molecule is CC.CN/C(C)=C/C=C(\C)OCCC(=O)NCCO. The fraction of sp³-hybridized carbons (Fsp3) is 0.643. The first-order chi connectivity index (χ1) is 9.10. The number of rotatable bonds is 8. The Morgan fingerprint density at radius 3 is 2.42 bits per heavy atom. The molecule has 19 heavy (non-hydrogen) atoms. The van der Waals surface area contributed by atoms with Gasteiger partial charge in [-0.3, -0.25) is 4.79 Å². The van der Waals surface area contributed by atoms with Crippen molar-refractivity contribution in [1.82, 2.24) is 10.6 Å². The normalized spacial score (nSPS) is 11.3. The van der Waals surface area contributed by atoms with Crippen LogP contribution in [0.1, 0.15) is 34.1 Å². The number of allylic oxidation sites excluding steroid dienone is 4. The second kappa shape index (κ2) is 14.6. The molecule has 0 aliphatic carbocycles. The van der Waals surface area contributed by atoms with E-state index in [1.165, 1.54) is 0 Å². The molecule has 0 aromatic rings. The molecule has 3 N–H and O–H groups in total. The lowest BCUT2D eigenvalue weighted by molar-refractivity contribution is -0.122. The highest BCUT2D eigenvalue weighted by molar-refractivity contribution is 5.75. The number of amides is 1. The Morgan fingerprint density at radius 2 is 1.89 bits per heavy atom. The maximum atomic E-state index is 11.2. The summed E-state index contributed by atoms with van der Waals surface area (Å²) in [5.74, 6) is 0.642. The van der Waals surface area contributed by atoms with Crippen LogP contribution in [0.2, 0.25) is 0 Å². The van der Waals surface area contributed by atoms with Crippen LogP contribution in [0.15, 0.2) is 23.6 Å². The van der Waals surface area contributed by atoms with Crippen LogP contribution in [0, 0.1) is 0 Å². The summed E-state index contributed by atoms with van der Waals surface area (Å²) < 4.78 is 5.35. The van der Waals surface area contributed by atoms with E-state index in [1.807, 2.05) is 46.9 Å². The van der Waals surface area contributed by atoms with E-state index in [9.17, 15) is 4.79 Å². The minimum absolute atomic E-state index is 0.0420.